The SMILES string of the molecule is Cc1ccc2cc(C(=O)n3c(C)c(CCN)c4ccccc43)oc2c1. The molecule has 0 bridgehead atoms. The summed E-state index contributed by atoms with van der Waals surface area (Å²) in [6.07, 6.45) is 0.742. The fourth-order valence-electron chi connectivity index (χ4n) is 3.51. The summed E-state index contributed by atoms with van der Waals surface area (Å²) in [7, 11) is 0. The summed E-state index contributed by atoms with van der Waals surface area (Å²) in [5.41, 5.74) is 10.6. The first kappa shape index (κ1) is 15.7. The second kappa shape index (κ2) is 5.90. The molecule has 0 aliphatic carbocycles. The van der Waals surface area contributed by atoms with Gasteiger partial charge in [0.25, 0.3) is 5.91 Å². The number of aryl methyl sites for hydroxylation is 1. The maximum absolute atomic E-state index is 13.2. The number of hydrogen-bond acceptors (Lipinski definition) is 3. The molecule has 25 heavy (non-hydrogen) atoms. The predicted octanol–water partition coefficient (Wildman–Crippen LogP) is 4.19. The number of rotatable bonds is 3. The zero-order chi connectivity index (χ0) is 17.6. The summed E-state index contributed by atoms with van der Waals surface area (Å²) in [4.78, 5) is 13.2. The van der Waals surface area contributed by atoms with Crippen LogP contribution in [0.25, 0.3) is 21.9 Å². The van der Waals surface area contributed by atoms with E-state index in [1.54, 1.807) is 4.57 Å². The number of hydrogen-bond donors (Lipinski definition) is 1. The van der Waals surface area contributed by atoms with Gasteiger partial charge >= 0.3 is 0 Å². The number of fused-ring (bicyclic) bond motifs is 2. The van der Waals surface area contributed by atoms with Crippen LogP contribution < -0.4 is 5.73 Å². The Balaban J connectivity index is 1.90. The monoisotopic (exact) mass is 332 g/mol. The molecule has 4 nitrogen and oxygen atoms in total. The van der Waals surface area contributed by atoms with Crippen LogP contribution in [0.3, 0.4) is 0 Å². The van der Waals surface area contributed by atoms with Gasteiger partial charge in [-0.25, -0.2) is 0 Å². The van der Waals surface area contributed by atoms with Crippen molar-refractivity contribution in [2.45, 2.75) is 20.3 Å². The fourth-order valence-corrected chi connectivity index (χ4v) is 3.51. The molecule has 126 valence electrons. The maximum Gasteiger partial charge on any atom is 0.298 e. The summed E-state index contributed by atoms with van der Waals surface area (Å²) in [5.74, 6) is 0.203. The third-order valence-corrected chi connectivity index (χ3v) is 4.73. The lowest BCUT2D eigenvalue weighted by Gasteiger charge is -2.05. The molecule has 0 unspecified atom stereocenters. The van der Waals surface area contributed by atoms with Crippen LogP contribution in [0.4, 0.5) is 0 Å². The molecule has 2 heterocycles. The number of nitrogens with two attached hydrogens (primary N) is 1. The highest BCUT2D eigenvalue weighted by Crippen LogP contribution is 2.28. The molecule has 0 atom stereocenters. The van der Waals surface area contributed by atoms with Gasteiger partial charge in [0, 0.05) is 16.5 Å². The molecule has 0 amide bonds. The Labute approximate surface area is 145 Å². The van der Waals surface area contributed by atoms with Crippen LogP contribution in [0.5, 0.6) is 0 Å². The number of carbonyl (C=O) groups excluding carboxylic acids is 1. The summed E-state index contributed by atoms with van der Waals surface area (Å²) in [6, 6.07) is 15.7. The van der Waals surface area contributed by atoms with Gasteiger partial charge in [0.2, 0.25) is 0 Å². The number of carbonyl (C=O) groups is 1. The van der Waals surface area contributed by atoms with E-state index in [4.69, 9.17) is 10.2 Å². The minimum Gasteiger partial charge on any atom is -0.451 e. The highest BCUT2D eigenvalue weighted by Gasteiger charge is 2.21. The number of nitrogens with zero attached hydrogens (tertiary/aromatic N) is 1. The van der Waals surface area contributed by atoms with Crippen LogP contribution in [0.1, 0.15) is 27.4 Å². The van der Waals surface area contributed by atoms with E-state index in [2.05, 4.69) is 0 Å². The summed E-state index contributed by atoms with van der Waals surface area (Å²) in [6.45, 7) is 4.52. The number of furan rings is 1. The van der Waals surface area contributed by atoms with Gasteiger partial charge in [0.05, 0.1) is 5.52 Å². The quantitative estimate of drug-likeness (QED) is 0.612. The van der Waals surface area contributed by atoms with Crippen molar-refractivity contribution in [3.63, 3.8) is 0 Å². The molecule has 4 heteroatoms. The fraction of sp³-hybridized carbons (Fsp3) is 0.190. The molecule has 0 saturated heterocycles. The Morgan fingerprint density at radius 3 is 2.72 bits per heavy atom. The molecule has 4 aromatic rings. The van der Waals surface area contributed by atoms with Gasteiger partial charge < -0.3 is 10.2 Å². The second-order valence-corrected chi connectivity index (χ2v) is 6.41. The molecule has 0 fully saturated rings. The molecule has 0 spiro atoms. The van der Waals surface area contributed by atoms with Crippen LogP contribution in [0.15, 0.2) is 52.9 Å². The van der Waals surface area contributed by atoms with Crippen LogP contribution in [-0.4, -0.2) is 17.0 Å². The van der Waals surface area contributed by atoms with E-state index in [-0.39, 0.29) is 5.91 Å². The average molecular weight is 332 g/mol. The van der Waals surface area contributed by atoms with Crippen molar-refractivity contribution in [1.29, 1.82) is 0 Å². The number of para-hydroxylation sites is 1. The van der Waals surface area contributed by atoms with E-state index in [1.807, 2.05) is 62.4 Å². The van der Waals surface area contributed by atoms with Gasteiger partial charge in [-0.15, -0.1) is 0 Å². The normalized spacial score (nSPS) is 11.5. The van der Waals surface area contributed by atoms with Crippen molar-refractivity contribution in [2.24, 2.45) is 5.73 Å². The Bertz CT molecular complexity index is 1100. The zero-order valence-corrected chi connectivity index (χ0v) is 14.4. The third-order valence-electron chi connectivity index (χ3n) is 4.73. The Hall–Kier alpha value is -2.85. The molecule has 2 N–H and O–H groups in total. The summed E-state index contributed by atoms with van der Waals surface area (Å²) < 4.78 is 7.58. The van der Waals surface area contributed by atoms with Gasteiger partial charge in [0.15, 0.2) is 5.76 Å². The van der Waals surface area contributed by atoms with E-state index in [9.17, 15) is 4.79 Å². The summed E-state index contributed by atoms with van der Waals surface area (Å²) in [5, 5.41) is 2.01. The van der Waals surface area contributed by atoms with Crippen molar-refractivity contribution >= 4 is 27.8 Å². The first-order valence-electron chi connectivity index (χ1n) is 8.44. The van der Waals surface area contributed by atoms with E-state index >= 15 is 0 Å². The first-order chi connectivity index (χ1) is 12.1. The van der Waals surface area contributed by atoms with Gasteiger partial charge in [-0.05, 0) is 56.1 Å². The first-order valence-corrected chi connectivity index (χ1v) is 8.44. The molecular formula is C21H20N2O2. The van der Waals surface area contributed by atoms with Gasteiger partial charge in [-0.3, -0.25) is 9.36 Å². The second-order valence-electron chi connectivity index (χ2n) is 6.41. The standard InChI is InChI=1S/C21H20N2O2/c1-13-7-8-15-12-20(25-19(15)11-13)21(24)23-14(2)16(9-10-22)17-5-3-4-6-18(17)23/h3-8,11-12H,9-10,22H2,1-2H3. The lowest BCUT2D eigenvalue weighted by atomic mass is 10.1. The molecule has 0 aliphatic rings. The predicted molar refractivity (Wildman–Crippen MR) is 100 cm³/mol. The van der Waals surface area contributed by atoms with E-state index in [1.165, 1.54) is 0 Å². The van der Waals surface area contributed by atoms with Crippen molar-refractivity contribution in [2.75, 3.05) is 6.54 Å². The lowest BCUT2D eigenvalue weighted by Crippen LogP contribution is -2.13. The Morgan fingerprint density at radius 2 is 1.92 bits per heavy atom. The lowest BCUT2D eigenvalue weighted by molar-refractivity contribution is 0.0937. The molecule has 0 radical (unpaired) electrons. The van der Waals surface area contributed by atoms with Crippen LogP contribution in [0.2, 0.25) is 0 Å². The molecule has 2 aromatic carbocycles. The maximum atomic E-state index is 13.2. The largest absolute Gasteiger partial charge is 0.451 e. The smallest absolute Gasteiger partial charge is 0.298 e. The zero-order valence-electron chi connectivity index (χ0n) is 14.4. The van der Waals surface area contributed by atoms with E-state index in [0.29, 0.717) is 12.3 Å². The molecular weight excluding hydrogens is 312 g/mol. The van der Waals surface area contributed by atoms with Crippen molar-refractivity contribution in [1.82, 2.24) is 4.57 Å². The van der Waals surface area contributed by atoms with Gasteiger partial charge in [-0.1, -0.05) is 30.3 Å². The highest BCUT2D eigenvalue weighted by molar-refractivity contribution is 6.04. The molecule has 0 saturated carbocycles. The molecule has 2 aromatic heterocycles. The number of benzene rings is 2. The van der Waals surface area contributed by atoms with Crippen LogP contribution in [-0.2, 0) is 6.42 Å². The minimum atomic E-state index is -0.147. The van der Waals surface area contributed by atoms with Crippen molar-refractivity contribution in [3.05, 3.63) is 71.1 Å². The summed E-state index contributed by atoms with van der Waals surface area (Å²) >= 11 is 0. The van der Waals surface area contributed by atoms with E-state index < -0.39 is 0 Å². The van der Waals surface area contributed by atoms with Crippen LogP contribution in [0, 0.1) is 13.8 Å². The van der Waals surface area contributed by atoms with Crippen LogP contribution >= 0.6 is 0 Å². The molecule has 4 rings (SSSR count). The Morgan fingerprint density at radius 1 is 1.12 bits per heavy atom. The highest BCUT2D eigenvalue weighted by atomic mass is 16.3. The van der Waals surface area contributed by atoms with Gasteiger partial charge in [-0.2, -0.15) is 0 Å². The topological polar surface area (TPSA) is 61.2 Å². The van der Waals surface area contributed by atoms with Gasteiger partial charge in [0.1, 0.15) is 5.58 Å². The van der Waals surface area contributed by atoms with E-state index in [0.717, 1.165) is 45.1 Å². The minimum absolute atomic E-state index is 0.147. The number of aromatic nitrogens is 1. The third kappa shape index (κ3) is 2.46. The Kier molecular flexibility index (Phi) is 3.70. The van der Waals surface area contributed by atoms with Crippen molar-refractivity contribution < 1.29 is 9.21 Å². The van der Waals surface area contributed by atoms with Crippen molar-refractivity contribution in [3.8, 4) is 0 Å². The molecule has 0 aliphatic heterocycles. The average Bonchev–Trinajstić information content (AvgIpc) is 3.14.